The van der Waals surface area contributed by atoms with Crippen LogP contribution in [0.4, 0.5) is 0 Å². The number of hydrogen-bond donors (Lipinski definition) is 0. The minimum Gasteiger partial charge on any atom is -0.422 e. The predicted molar refractivity (Wildman–Crippen MR) is 98.8 cm³/mol. The summed E-state index contributed by atoms with van der Waals surface area (Å²) >= 11 is 0. The molecule has 1 saturated heterocycles. The van der Waals surface area contributed by atoms with E-state index in [4.69, 9.17) is 4.42 Å². The molecule has 0 unspecified atom stereocenters. The Morgan fingerprint density at radius 1 is 1.04 bits per heavy atom. The van der Waals surface area contributed by atoms with Crippen molar-refractivity contribution in [1.82, 2.24) is 4.90 Å². The van der Waals surface area contributed by atoms with Crippen LogP contribution in [0.3, 0.4) is 0 Å². The van der Waals surface area contributed by atoms with Gasteiger partial charge in [-0.05, 0) is 41.2 Å². The molecule has 1 fully saturated rings. The van der Waals surface area contributed by atoms with E-state index < -0.39 is 5.63 Å². The molecule has 1 aliphatic rings. The van der Waals surface area contributed by atoms with E-state index in [0.29, 0.717) is 30.5 Å². The van der Waals surface area contributed by atoms with Crippen molar-refractivity contribution in [2.45, 2.75) is 20.3 Å². The van der Waals surface area contributed by atoms with Crippen molar-refractivity contribution in [3.8, 4) is 0 Å². The number of likely N-dealkylation sites (tertiary alicyclic amines) is 1. The monoisotopic (exact) mass is 335 g/mol. The van der Waals surface area contributed by atoms with Crippen molar-refractivity contribution >= 4 is 27.6 Å². The van der Waals surface area contributed by atoms with Gasteiger partial charge in [0.15, 0.2) is 0 Å². The minimum atomic E-state index is -0.557. The van der Waals surface area contributed by atoms with Gasteiger partial charge in [-0.25, -0.2) is 4.79 Å². The Balaban J connectivity index is 1.84. The molecule has 2 aromatic carbocycles. The first-order valence-corrected chi connectivity index (χ1v) is 8.78. The van der Waals surface area contributed by atoms with Crippen molar-refractivity contribution in [3.05, 3.63) is 58.4 Å². The molecule has 2 atom stereocenters. The maximum absolute atomic E-state index is 13.0. The average molecular weight is 335 g/mol. The number of amides is 1. The molecule has 3 aromatic rings. The largest absolute Gasteiger partial charge is 0.422 e. The molecule has 128 valence electrons. The van der Waals surface area contributed by atoms with Gasteiger partial charge < -0.3 is 9.32 Å². The first-order valence-electron chi connectivity index (χ1n) is 8.78. The van der Waals surface area contributed by atoms with Gasteiger partial charge in [0, 0.05) is 18.5 Å². The summed E-state index contributed by atoms with van der Waals surface area (Å²) in [7, 11) is 0. The third kappa shape index (κ3) is 2.82. The van der Waals surface area contributed by atoms with Crippen LogP contribution in [-0.2, 0) is 0 Å². The molecule has 1 aliphatic heterocycles. The second-order valence-electron chi connectivity index (χ2n) is 7.30. The highest BCUT2D eigenvalue weighted by Crippen LogP contribution is 2.26. The number of hydrogen-bond acceptors (Lipinski definition) is 3. The number of benzene rings is 2. The first-order chi connectivity index (χ1) is 12.0. The van der Waals surface area contributed by atoms with Crippen molar-refractivity contribution in [1.29, 1.82) is 0 Å². The van der Waals surface area contributed by atoms with E-state index in [1.165, 1.54) is 0 Å². The van der Waals surface area contributed by atoms with Gasteiger partial charge >= 0.3 is 5.63 Å². The fourth-order valence-corrected chi connectivity index (χ4v) is 4.02. The van der Waals surface area contributed by atoms with E-state index in [9.17, 15) is 9.59 Å². The minimum absolute atomic E-state index is 0.130. The van der Waals surface area contributed by atoms with Crippen molar-refractivity contribution in [2.24, 2.45) is 11.8 Å². The third-order valence-corrected chi connectivity index (χ3v) is 5.03. The zero-order valence-electron chi connectivity index (χ0n) is 14.5. The number of carbonyl (C=O) groups excluding carboxylic acids is 1. The lowest BCUT2D eigenvalue weighted by Crippen LogP contribution is -2.43. The lowest BCUT2D eigenvalue weighted by molar-refractivity contribution is 0.0619. The van der Waals surface area contributed by atoms with E-state index in [0.717, 1.165) is 22.6 Å². The highest BCUT2D eigenvalue weighted by molar-refractivity contribution is 6.07. The average Bonchev–Trinajstić information content (AvgIpc) is 2.59. The Hall–Kier alpha value is -2.62. The lowest BCUT2D eigenvalue weighted by atomic mass is 9.91. The summed E-state index contributed by atoms with van der Waals surface area (Å²) in [6.45, 7) is 5.67. The molecule has 2 heterocycles. The van der Waals surface area contributed by atoms with Gasteiger partial charge in [0.05, 0.1) is 0 Å². The van der Waals surface area contributed by atoms with Crippen LogP contribution in [0.25, 0.3) is 21.7 Å². The molecule has 4 heteroatoms. The summed E-state index contributed by atoms with van der Waals surface area (Å²) in [6.07, 6.45) is 1.11. The fraction of sp³-hybridized carbons (Fsp3) is 0.333. The SMILES string of the molecule is C[C@@H]1C[C@@H](C)CN(C(=O)c2cc3c(ccc4ccccc43)oc2=O)C1. The van der Waals surface area contributed by atoms with Crippen LogP contribution in [0, 0.1) is 11.8 Å². The van der Waals surface area contributed by atoms with Gasteiger partial charge in [-0.15, -0.1) is 0 Å². The molecule has 25 heavy (non-hydrogen) atoms. The van der Waals surface area contributed by atoms with E-state index in [-0.39, 0.29) is 11.5 Å². The Morgan fingerprint density at radius 3 is 2.52 bits per heavy atom. The summed E-state index contributed by atoms with van der Waals surface area (Å²) in [5, 5.41) is 2.85. The van der Waals surface area contributed by atoms with Gasteiger partial charge in [0.2, 0.25) is 0 Å². The summed E-state index contributed by atoms with van der Waals surface area (Å²) in [5.41, 5.74) is 0.0874. The Morgan fingerprint density at radius 2 is 1.76 bits per heavy atom. The Kier molecular flexibility index (Phi) is 3.83. The number of rotatable bonds is 1. The second kappa shape index (κ2) is 6.03. The van der Waals surface area contributed by atoms with Crippen molar-refractivity contribution in [2.75, 3.05) is 13.1 Å². The van der Waals surface area contributed by atoms with Crippen LogP contribution >= 0.6 is 0 Å². The highest BCUT2D eigenvalue weighted by atomic mass is 16.4. The molecule has 1 aromatic heterocycles. The first kappa shape index (κ1) is 15.9. The van der Waals surface area contributed by atoms with Gasteiger partial charge in [-0.3, -0.25) is 4.79 Å². The normalized spacial score (nSPS) is 21.0. The molecule has 0 spiro atoms. The fourth-order valence-electron chi connectivity index (χ4n) is 4.02. The molecule has 0 aliphatic carbocycles. The van der Waals surface area contributed by atoms with Crippen molar-refractivity contribution in [3.63, 3.8) is 0 Å². The zero-order valence-corrected chi connectivity index (χ0v) is 14.5. The molecule has 0 saturated carbocycles. The molecule has 0 bridgehead atoms. The number of fused-ring (bicyclic) bond motifs is 3. The molecule has 4 nitrogen and oxygen atoms in total. The van der Waals surface area contributed by atoms with Crippen LogP contribution in [0.2, 0.25) is 0 Å². The topological polar surface area (TPSA) is 50.5 Å². The van der Waals surface area contributed by atoms with Crippen LogP contribution in [-0.4, -0.2) is 23.9 Å². The van der Waals surface area contributed by atoms with Crippen LogP contribution in [0.15, 0.2) is 51.7 Å². The summed E-state index contributed by atoms with van der Waals surface area (Å²) in [5.74, 6) is 0.670. The summed E-state index contributed by atoms with van der Waals surface area (Å²) < 4.78 is 5.46. The van der Waals surface area contributed by atoms with Crippen LogP contribution < -0.4 is 5.63 Å². The standard InChI is InChI=1S/C21H21NO3/c1-13-9-14(2)12-22(11-13)20(23)18-10-17-16-6-4-3-5-15(16)7-8-19(17)25-21(18)24/h3-8,10,13-14H,9,11-12H2,1-2H3/t13-,14-/m1/s1. The lowest BCUT2D eigenvalue weighted by Gasteiger charge is -2.34. The molecule has 1 amide bonds. The number of carbonyl (C=O) groups is 1. The maximum atomic E-state index is 13.0. The molecule has 4 rings (SSSR count). The predicted octanol–water partition coefficient (Wildman–Crippen LogP) is 4.06. The van der Waals surface area contributed by atoms with Gasteiger partial charge in [0.25, 0.3) is 5.91 Å². The van der Waals surface area contributed by atoms with Gasteiger partial charge in [-0.2, -0.15) is 0 Å². The smallest absolute Gasteiger partial charge is 0.349 e. The molecule has 0 radical (unpaired) electrons. The van der Waals surface area contributed by atoms with Crippen LogP contribution in [0.1, 0.15) is 30.6 Å². The molecule has 0 N–H and O–H groups in total. The van der Waals surface area contributed by atoms with Crippen LogP contribution in [0.5, 0.6) is 0 Å². The molecular formula is C21H21NO3. The number of nitrogens with zero attached hydrogens (tertiary/aromatic N) is 1. The van der Waals surface area contributed by atoms with Gasteiger partial charge in [-0.1, -0.05) is 44.2 Å². The summed E-state index contributed by atoms with van der Waals surface area (Å²) in [6, 6.07) is 13.3. The van der Waals surface area contributed by atoms with E-state index in [1.54, 1.807) is 17.0 Å². The van der Waals surface area contributed by atoms with Gasteiger partial charge in [0.1, 0.15) is 11.1 Å². The third-order valence-electron chi connectivity index (χ3n) is 5.03. The zero-order chi connectivity index (χ0) is 17.6. The Labute approximate surface area is 146 Å². The van der Waals surface area contributed by atoms with Crippen molar-refractivity contribution < 1.29 is 9.21 Å². The second-order valence-corrected chi connectivity index (χ2v) is 7.30. The molecular weight excluding hydrogens is 314 g/mol. The Bertz CT molecular complexity index is 1010. The maximum Gasteiger partial charge on any atom is 0.349 e. The summed E-state index contributed by atoms with van der Waals surface area (Å²) in [4.78, 5) is 27.2. The van der Waals surface area contributed by atoms with E-state index in [2.05, 4.69) is 13.8 Å². The number of piperidine rings is 1. The van der Waals surface area contributed by atoms with E-state index >= 15 is 0 Å². The highest BCUT2D eigenvalue weighted by Gasteiger charge is 2.28. The quantitative estimate of drug-likeness (QED) is 0.498. The van der Waals surface area contributed by atoms with E-state index in [1.807, 2.05) is 30.3 Å².